The summed E-state index contributed by atoms with van der Waals surface area (Å²) in [6.45, 7) is 1.20. The normalized spacial score (nSPS) is 19.9. The van der Waals surface area contributed by atoms with E-state index in [1.807, 2.05) is 0 Å². The number of hydrogen-bond donors (Lipinski definition) is 3. The van der Waals surface area contributed by atoms with Crippen molar-refractivity contribution in [3.63, 3.8) is 0 Å². The summed E-state index contributed by atoms with van der Waals surface area (Å²) in [6, 6.07) is -0.644. The van der Waals surface area contributed by atoms with E-state index in [0.717, 1.165) is 31.4 Å². The summed E-state index contributed by atoms with van der Waals surface area (Å²) in [5.41, 5.74) is 2.37. The van der Waals surface area contributed by atoms with Gasteiger partial charge in [-0.25, -0.2) is 9.97 Å². The molecule has 3 aliphatic rings. The number of nitrogens with zero attached hydrogens (tertiary/aromatic N) is 3. The van der Waals surface area contributed by atoms with Gasteiger partial charge in [0.05, 0.1) is 17.5 Å². The highest BCUT2D eigenvalue weighted by atomic mass is 32.2. The highest BCUT2D eigenvalue weighted by molar-refractivity contribution is 7.85. The van der Waals surface area contributed by atoms with E-state index in [1.54, 1.807) is 17.3 Å². The molecule has 0 radical (unpaired) electrons. The number of aromatic nitrogens is 3. The minimum absolute atomic E-state index is 0.0529. The lowest BCUT2D eigenvalue weighted by Gasteiger charge is -2.26. The van der Waals surface area contributed by atoms with Gasteiger partial charge >= 0.3 is 0 Å². The fraction of sp³-hybridized carbons (Fsp3) is 0.591. The molecule has 3 fully saturated rings. The molecule has 1 aliphatic heterocycles. The molecule has 3 heterocycles. The average molecular weight is 473 g/mol. The van der Waals surface area contributed by atoms with Gasteiger partial charge in [0, 0.05) is 60.5 Å². The Morgan fingerprint density at radius 3 is 2.64 bits per heavy atom. The minimum Gasteiger partial charge on any atom is -0.354 e. The number of carbonyl (C=O) groups excluding carboxylic acids is 3. The third-order valence-electron chi connectivity index (χ3n) is 6.47. The van der Waals surface area contributed by atoms with E-state index >= 15 is 0 Å². The van der Waals surface area contributed by atoms with Crippen LogP contribution in [0.5, 0.6) is 0 Å². The lowest BCUT2D eigenvalue weighted by atomic mass is 10.1. The summed E-state index contributed by atoms with van der Waals surface area (Å²) in [5.74, 6) is 0.856. The topological polar surface area (TPSA) is 137 Å². The quantitative estimate of drug-likeness (QED) is 0.510. The second-order valence-corrected chi connectivity index (χ2v) is 10.7. The first kappa shape index (κ1) is 22.0. The van der Waals surface area contributed by atoms with E-state index < -0.39 is 16.8 Å². The maximum Gasteiger partial charge on any atom is 0.255 e. The van der Waals surface area contributed by atoms with Crippen LogP contribution >= 0.6 is 0 Å². The van der Waals surface area contributed by atoms with E-state index in [9.17, 15) is 18.6 Å². The number of aromatic amines is 1. The Hall–Kier alpha value is -2.82. The largest absolute Gasteiger partial charge is 0.354 e. The van der Waals surface area contributed by atoms with Crippen LogP contribution in [0.25, 0.3) is 11.2 Å². The Morgan fingerprint density at radius 2 is 1.94 bits per heavy atom. The molecule has 0 bridgehead atoms. The molecule has 2 saturated carbocycles. The fourth-order valence-electron chi connectivity index (χ4n) is 4.15. The van der Waals surface area contributed by atoms with Gasteiger partial charge in [0.15, 0.2) is 5.65 Å². The van der Waals surface area contributed by atoms with Crippen LogP contribution in [0.3, 0.4) is 0 Å². The van der Waals surface area contributed by atoms with E-state index in [2.05, 4.69) is 25.6 Å². The van der Waals surface area contributed by atoms with Crippen LogP contribution in [-0.4, -0.2) is 79.0 Å². The van der Waals surface area contributed by atoms with Crippen LogP contribution in [-0.2, 0) is 20.4 Å². The number of amides is 3. The minimum atomic E-state index is -0.838. The van der Waals surface area contributed by atoms with Gasteiger partial charge in [0.25, 0.3) is 5.91 Å². The standard InChI is InChI=1S/C22H28N6O4S/c29-17(28-7-9-33(32)10-8-28)5-6-23-22(31)18(14-3-4-14)27-21(30)15-11-24-20-19(15)26-16(12-25-20)13-1-2-13/h11-14,18H,1-10H2,(H,23,31)(H,24,25)(H,27,30)/t18-/m1/s1. The predicted octanol–water partition coefficient (Wildman–Crippen LogP) is 0.441. The zero-order valence-electron chi connectivity index (χ0n) is 18.3. The molecule has 2 aromatic heterocycles. The first-order valence-corrected chi connectivity index (χ1v) is 13.0. The summed E-state index contributed by atoms with van der Waals surface area (Å²) in [7, 11) is -0.838. The number of hydrogen-bond acceptors (Lipinski definition) is 6. The smallest absolute Gasteiger partial charge is 0.255 e. The van der Waals surface area contributed by atoms with Crippen molar-refractivity contribution in [2.75, 3.05) is 31.1 Å². The number of H-pyrrole nitrogens is 1. The van der Waals surface area contributed by atoms with Crippen LogP contribution in [0.15, 0.2) is 12.4 Å². The van der Waals surface area contributed by atoms with Crippen LogP contribution in [0, 0.1) is 5.92 Å². The van der Waals surface area contributed by atoms with Gasteiger partial charge in [0.2, 0.25) is 11.8 Å². The maximum absolute atomic E-state index is 13.0. The molecule has 3 N–H and O–H groups in total. The molecule has 3 amide bonds. The van der Waals surface area contributed by atoms with E-state index in [-0.39, 0.29) is 36.6 Å². The zero-order chi connectivity index (χ0) is 22.9. The van der Waals surface area contributed by atoms with E-state index in [0.29, 0.717) is 47.2 Å². The van der Waals surface area contributed by atoms with Crippen LogP contribution in [0.2, 0.25) is 0 Å². The Balaban J connectivity index is 1.18. The lowest BCUT2D eigenvalue weighted by Crippen LogP contribution is -2.49. The third kappa shape index (κ3) is 5.07. The number of rotatable bonds is 8. The fourth-order valence-corrected chi connectivity index (χ4v) is 5.20. The molecule has 0 unspecified atom stereocenters. The van der Waals surface area contributed by atoms with Gasteiger partial charge in [-0.05, 0) is 31.6 Å². The Labute approximate surface area is 193 Å². The van der Waals surface area contributed by atoms with Gasteiger partial charge in [-0.1, -0.05) is 0 Å². The second kappa shape index (κ2) is 9.20. The van der Waals surface area contributed by atoms with Crippen molar-refractivity contribution in [3.05, 3.63) is 23.7 Å². The predicted molar refractivity (Wildman–Crippen MR) is 122 cm³/mol. The first-order valence-electron chi connectivity index (χ1n) is 11.5. The molecule has 2 aromatic rings. The first-order chi connectivity index (χ1) is 16.0. The number of carbonyl (C=O) groups is 3. The molecule has 1 atom stereocenters. The van der Waals surface area contributed by atoms with E-state index in [4.69, 9.17) is 0 Å². The summed E-state index contributed by atoms with van der Waals surface area (Å²) in [5, 5.41) is 5.68. The third-order valence-corrected chi connectivity index (χ3v) is 7.75. The second-order valence-electron chi connectivity index (χ2n) is 9.03. The molecule has 10 nitrogen and oxygen atoms in total. The average Bonchev–Trinajstić information content (AvgIpc) is 3.74. The molecule has 176 valence electrons. The molecule has 0 spiro atoms. The summed E-state index contributed by atoms with van der Waals surface area (Å²) < 4.78 is 11.4. The van der Waals surface area contributed by atoms with Crippen molar-refractivity contribution in [1.29, 1.82) is 0 Å². The molecule has 0 aromatic carbocycles. The number of nitrogens with one attached hydrogen (secondary N) is 3. The Morgan fingerprint density at radius 1 is 1.18 bits per heavy atom. The van der Waals surface area contributed by atoms with Gasteiger partial charge in [-0.3, -0.25) is 18.6 Å². The van der Waals surface area contributed by atoms with Crippen molar-refractivity contribution in [2.24, 2.45) is 5.92 Å². The van der Waals surface area contributed by atoms with Crippen LogP contribution < -0.4 is 10.6 Å². The summed E-state index contributed by atoms with van der Waals surface area (Å²) in [6.07, 6.45) is 7.47. The highest BCUT2D eigenvalue weighted by Gasteiger charge is 2.38. The molecule has 11 heteroatoms. The molecule has 1 saturated heterocycles. The maximum atomic E-state index is 13.0. The van der Waals surface area contributed by atoms with Gasteiger partial charge in [0.1, 0.15) is 11.6 Å². The number of fused-ring (bicyclic) bond motifs is 1. The van der Waals surface area contributed by atoms with Crippen molar-refractivity contribution < 1.29 is 18.6 Å². The van der Waals surface area contributed by atoms with Crippen LogP contribution in [0.1, 0.15) is 54.1 Å². The van der Waals surface area contributed by atoms with Crippen molar-refractivity contribution in [1.82, 2.24) is 30.5 Å². The van der Waals surface area contributed by atoms with Gasteiger partial charge < -0.3 is 20.5 Å². The summed E-state index contributed by atoms with van der Waals surface area (Å²) >= 11 is 0. The molecular weight excluding hydrogens is 444 g/mol. The van der Waals surface area contributed by atoms with Gasteiger partial charge in [-0.15, -0.1) is 0 Å². The lowest BCUT2D eigenvalue weighted by molar-refractivity contribution is -0.131. The highest BCUT2D eigenvalue weighted by Crippen LogP contribution is 2.39. The monoisotopic (exact) mass is 472 g/mol. The van der Waals surface area contributed by atoms with E-state index in [1.165, 1.54) is 0 Å². The SMILES string of the molecule is O=C(N[C@@H](C(=O)NCCC(=O)N1CCS(=O)CC1)C1CC1)c1c[nH]c2ncc(C3CC3)nc12. The Kier molecular flexibility index (Phi) is 6.13. The van der Waals surface area contributed by atoms with Crippen molar-refractivity contribution in [2.45, 2.75) is 44.1 Å². The van der Waals surface area contributed by atoms with Crippen molar-refractivity contribution in [3.8, 4) is 0 Å². The molecule has 33 heavy (non-hydrogen) atoms. The molecule has 2 aliphatic carbocycles. The molecule has 5 rings (SSSR count). The summed E-state index contributed by atoms with van der Waals surface area (Å²) in [4.78, 5) is 51.9. The Bertz CT molecular complexity index is 1100. The zero-order valence-corrected chi connectivity index (χ0v) is 19.2. The van der Waals surface area contributed by atoms with Crippen LogP contribution in [0.4, 0.5) is 0 Å². The van der Waals surface area contributed by atoms with Crippen molar-refractivity contribution >= 4 is 39.7 Å². The van der Waals surface area contributed by atoms with Gasteiger partial charge in [-0.2, -0.15) is 0 Å². The molecular formula is C22H28N6O4S.